The maximum atomic E-state index is 7.55. The molecule has 0 spiro atoms. The van der Waals surface area contributed by atoms with E-state index in [1.54, 1.807) is 0 Å². The van der Waals surface area contributed by atoms with Crippen molar-refractivity contribution in [3.8, 4) is 22.6 Å². The van der Waals surface area contributed by atoms with E-state index in [2.05, 4.69) is 210 Å². The Morgan fingerprint density at radius 1 is 0.348 bits per heavy atom. The Bertz CT molecular complexity index is 2950. The molecule has 2 heterocycles. The predicted octanol–water partition coefficient (Wildman–Crippen LogP) is 19.3. The van der Waals surface area contributed by atoms with Crippen molar-refractivity contribution < 1.29 is 25.8 Å². The van der Waals surface area contributed by atoms with Crippen LogP contribution in [0.3, 0.4) is 0 Å². The van der Waals surface area contributed by atoms with Gasteiger partial charge in [-0.25, -0.2) is 0 Å². The summed E-state index contributed by atoms with van der Waals surface area (Å²) in [7, 11) is -4.10. The number of aryl methyl sites for hydroxylation is 4. The van der Waals surface area contributed by atoms with Crippen LogP contribution in [0.5, 0.6) is 11.5 Å². The van der Waals surface area contributed by atoms with Gasteiger partial charge in [-0.1, -0.05) is 168 Å². The molecule has 0 fully saturated rings. The summed E-state index contributed by atoms with van der Waals surface area (Å²) in [6.45, 7) is 40.1. The molecule has 0 aliphatic heterocycles. The first-order valence-corrected chi connectivity index (χ1v) is 25.4. The van der Waals surface area contributed by atoms with Crippen molar-refractivity contribution in [3.05, 3.63) is 141 Å². The Hall–Kier alpha value is -5.28. The molecule has 6 aromatic carbocycles. The molecule has 346 valence electrons. The highest BCUT2D eigenvalue weighted by Gasteiger charge is 2.37. The number of fused-ring (bicyclic) bond motifs is 6. The van der Waals surface area contributed by atoms with Gasteiger partial charge in [-0.3, -0.25) is 0 Å². The average molecular weight is 923 g/mol. The third-order valence-electron chi connectivity index (χ3n) is 13.0. The van der Waals surface area contributed by atoms with Crippen LogP contribution in [0.2, 0.25) is 0 Å². The van der Waals surface area contributed by atoms with Crippen LogP contribution >= 0.6 is 16.5 Å². The standard InChI is InChI=1S/C58H68O6P2/c1-33-23-19-27-39-40-28-20-24-34(2)50(40)60-65(59-49(33)39)63-53-45(57(13,14)15)31-43(55(7,8)9)37(5)47(53)48-38(6)44(56(10,11)12)32-46(58(16,17)18)54(48)64-66-61-51-35(3)25-21-29-41(51)42-30-22-26-36(4)52(42)62-66/h19-32H,1-18H3. The van der Waals surface area contributed by atoms with Crippen LogP contribution < -0.4 is 9.05 Å². The lowest BCUT2D eigenvalue weighted by Crippen LogP contribution is -2.22. The van der Waals surface area contributed by atoms with Crippen molar-refractivity contribution in [2.75, 3.05) is 0 Å². The smallest absolute Gasteiger partial charge is 0.390 e. The van der Waals surface area contributed by atoms with Crippen molar-refractivity contribution in [1.82, 2.24) is 0 Å². The van der Waals surface area contributed by atoms with Gasteiger partial charge in [0, 0.05) is 43.8 Å². The third-order valence-corrected chi connectivity index (χ3v) is 15.0. The Morgan fingerprint density at radius 2 is 0.591 bits per heavy atom. The van der Waals surface area contributed by atoms with Gasteiger partial charge in [0.2, 0.25) is 0 Å². The van der Waals surface area contributed by atoms with E-state index < -0.39 is 16.5 Å². The van der Waals surface area contributed by atoms with Gasteiger partial charge < -0.3 is 25.8 Å². The molecule has 8 aromatic rings. The van der Waals surface area contributed by atoms with Crippen LogP contribution in [0.25, 0.3) is 55.0 Å². The van der Waals surface area contributed by atoms with Gasteiger partial charge in [-0.15, -0.1) is 0 Å². The van der Waals surface area contributed by atoms with E-state index in [1.165, 1.54) is 11.1 Å². The van der Waals surface area contributed by atoms with Crippen molar-refractivity contribution >= 4 is 60.4 Å². The Kier molecular flexibility index (Phi) is 12.0. The third kappa shape index (κ3) is 8.61. The van der Waals surface area contributed by atoms with E-state index in [-0.39, 0.29) is 21.7 Å². The first-order chi connectivity index (χ1) is 30.8. The Balaban J connectivity index is 1.58. The molecule has 66 heavy (non-hydrogen) atoms. The zero-order valence-electron chi connectivity index (χ0n) is 42.4. The molecule has 0 atom stereocenters. The van der Waals surface area contributed by atoms with Crippen molar-refractivity contribution in [2.45, 2.75) is 146 Å². The molecule has 0 saturated carbocycles. The number of hydrogen-bond donors (Lipinski definition) is 0. The quantitative estimate of drug-likeness (QED) is 0.171. The summed E-state index contributed by atoms with van der Waals surface area (Å²) in [5, 5.41) is 3.93. The first-order valence-electron chi connectivity index (χ1n) is 23.2. The largest absolute Gasteiger partial charge is 0.453 e. The van der Waals surface area contributed by atoms with Crippen LogP contribution in [-0.2, 0) is 21.7 Å². The van der Waals surface area contributed by atoms with E-state index in [9.17, 15) is 0 Å². The number of rotatable bonds is 5. The van der Waals surface area contributed by atoms with Gasteiger partial charge in [0.1, 0.15) is 33.8 Å². The Labute approximate surface area is 394 Å². The lowest BCUT2D eigenvalue weighted by atomic mass is 9.72. The van der Waals surface area contributed by atoms with E-state index in [0.717, 1.165) is 99.5 Å². The summed E-state index contributed by atoms with van der Waals surface area (Å²) < 4.78 is 43.2. The summed E-state index contributed by atoms with van der Waals surface area (Å²) in [6.07, 6.45) is 0. The van der Waals surface area contributed by atoms with Crippen LogP contribution in [-0.4, -0.2) is 0 Å². The molecule has 0 aliphatic rings. The Morgan fingerprint density at radius 3 is 0.818 bits per heavy atom. The summed E-state index contributed by atoms with van der Waals surface area (Å²) in [5.41, 5.74) is 14.5. The van der Waals surface area contributed by atoms with Gasteiger partial charge in [0.05, 0.1) is 0 Å². The van der Waals surface area contributed by atoms with Crippen molar-refractivity contribution in [3.63, 3.8) is 0 Å². The normalized spacial score (nSPS) is 12.7. The van der Waals surface area contributed by atoms with E-state index >= 15 is 0 Å². The van der Waals surface area contributed by atoms with E-state index in [4.69, 9.17) is 25.8 Å². The molecular weight excluding hydrogens is 855 g/mol. The number of para-hydroxylation sites is 4. The molecular formula is C58H68O6P2. The van der Waals surface area contributed by atoms with E-state index in [0.29, 0.717) is 11.5 Å². The van der Waals surface area contributed by atoms with Crippen molar-refractivity contribution in [1.29, 1.82) is 0 Å². The fourth-order valence-electron chi connectivity index (χ4n) is 9.48. The fourth-order valence-corrected chi connectivity index (χ4v) is 11.9. The minimum atomic E-state index is -2.05. The van der Waals surface area contributed by atoms with Crippen LogP contribution in [0.15, 0.2) is 102 Å². The lowest BCUT2D eigenvalue weighted by molar-refractivity contribution is 0.469. The molecule has 2 aromatic heterocycles. The second-order valence-corrected chi connectivity index (χ2v) is 24.4. The second kappa shape index (κ2) is 16.8. The SMILES string of the molecule is Cc1c(C(C)(C)C)cc(C(C)(C)C)c(Op2oc3c(C)cccc3c3cccc(C)c3o2)c1-c1c(C)c(C(C)(C)C)cc(C(C)(C)C)c1Op1oc2c(C)cccc2c2cccc(C)c2o1. The highest BCUT2D eigenvalue weighted by atomic mass is 31.1. The summed E-state index contributed by atoms with van der Waals surface area (Å²) in [6, 6.07) is 29.8. The van der Waals surface area contributed by atoms with E-state index in [1.807, 2.05) is 0 Å². The van der Waals surface area contributed by atoms with Gasteiger partial charge >= 0.3 is 16.5 Å². The fraction of sp³-hybridized carbons (Fsp3) is 0.379. The van der Waals surface area contributed by atoms with Gasteiger partial charge in [-0.2, -0.15) is 0 Å². The topological polar surface area (TPSA) is 71.0 Å². The van der Waals surface area contributed by atoms with Crippen LogP contribution in [0, 0.1) is 41.5 Å². The molecule has 6 nitrogen and oxygen atoms in total. The highest BCUT2D eigenvalue weighted by molar-refractivity contribution is 7.32. The lowest BCUT2D eigenvalue weighted by Gasteiger charge is -2.34. The summed E-state index contributed by atoms with van der Waals surface area (Å²) >= 11 is 0. The van der Waals surface area contributed by atoms with Crippen LogP contribution in [0.1, 0.15) is 139 Å². The van der Waals surface area contributed by atoms with Crippen molar-refractivity contribution in [2.24, 2.45) is 0 Å². The minimum absolute atomic E-state index is 0.229. The van der Waals surface area contributed by atoms with Gasteiger partial charge in [0.25, 0.3) is 0 Å². The predicted molar refractivity (Wildman–Crippen MR) is 280 cm³/mol. The number of benzene rings is 6. The maximum Gasteiger partial charge on any atom is 0.453 e. The first kappa shape index (κ1) is 47.2. The zero-order chi connectivity index (χ0) is 48.0. The average Bonchev–Trinajstić information content (AvgIpc) is 3.47. The molecule has 0 N–H and O–H groups in total. The molecule has 0 radical (unpaired) electrons. The highest BCUT2D eigenvalue weighted by Crippen LogP contribution is 2.56. The molecule has 0 amide bonds. The second-order valence-electron chi connectivity index (χ2n) is 22.4. The van der Waals surface area contributed by atoms with Gasteiger partial charge in [-0.05, 0) is 108 Å². The molecule has 8 heteroatoms. The zero-order valence-corrected chi connectivity index (χ0v) is 44.2. The molecule has 0 bridgehead atoms. The monoisotopic (exact) mass is 922 g/mol. The number of hydrogen-bond acceptors (Lipinski definition) is 6. The maximum absolute atomic E-state index is 7.55. The summed E-state index contributed by atoms with van der Waals surface area (Å²) in [4.78, 5) is 0. The summed E-state index contributed by atoms with van der Waals surface area (Å²) in [5.74, 6) is 1.42. The van der Waals surface area contributed by atoms with Crippen LogP contribution in [0.4, 0.5) is 0 Å². The molecule has 0 aliphatic carbocycles. The molecule has 8 rings (SSSR count). The molecule has 0 unspecified atom stereocenters. The van der Waals surface area contributed by atoms with Gasteiger partial charge in [0.15, 0.2) is 0 Å². The molecule has 0 saturated heterocycles. The minimum Gasteiger partial charge on any atom is -0.390 e.